The fourth-order valence-corrected chi connectivity index (χ4v) is 2.83. The van der Waals surface area contributed by atoms with E-state index in [0.29, 0.717) is 32.1 Å². The van der Waals surface area contributed by atoms with Crippen LogP contribution in [0.25, 0.3) is 0 Å². The van der Waals surface area contributed by atoms with Crippen LogP contribution in [-0.2, 0) is 19.1 Å². The predicted octanol–water partition coefficient (Wildman–Crippen LogP) is 2.95. The van der Waals surface area contributed by atoms with E-state index in [1.165, 1.54) is 0 Å². The van der Waals surface area contributed by atoms with Crippen molar-refractivity contribution in [2.24, 2.45) is 0 Å². The number of anilines is 1. The smallest absolute Gasteiger partial charge is 0.254 e. The third-order valence-corrected chi connectivity index (χ3v) is 4.87. The molecule has 2 aliphatic rings. The van der Waals surface area contributed by atoms with Gasteiger partial charge in [-0.1, -0.05) is 0 Å². The third kappa shape index (κ3) is 9.30. The molecule has 2 amide bonds. The van der Waals surface area contributed by atoms with E-state index in [0.717, 1.165) is 13.5 Å². The van der Waals surface area contributed by atoms with Gasteiger partial charge in [0.05, 0.1) is 19.8 Å². The van der Waals surface area contributed by atoms with Gasteiger partial charge < -0.3 is 14.8 Å². The van der Waals surface area contributed by atoms with Crippen LogP contribution in [0.4, 0.5) is 5.82 Å². The second-order valence-electron chi connectivity index (χ2n) is 5.63. The largest absolute Gasteiger partial charge is 0.370 e. The molecule has 2 aromatic heterocycles. The van der Waals surface area contributed by atoms with E-state index in [4.69, 9.17) is 9.47 Å². The summed E-state index contributed by atoms with van der Waals surface area (Å²) in [7, 11) is 0. The Morgan fingerprint density at radius 1 is 0.897 bits per heavy atom. The highest BCUT2D eigenvalue weighted by atomic mass is 79.9. The normalized spacial score (nSPS) is 16.0. The number of pyridine rings is 2. The van der Waals surface area contributed by atoms with Crippen molar-refractivity contribution in [2.45, 2.75) is 0 Å². The van der Waals surface area contributed by atoms with E-state index in [-0.39, 0.29) is 25.0 Å². The molecular formula is C18H19Br3N4O4. The van der Waals surface area contributed by atoms with Crippen molar-refractivity contribution >= 4 is 65.4 Å². The molecule has 0 bridgehead atoms. The van der Waals surface area contributed by atoms with E-state index in [2.05, 4.69) is 63.1 Å². The molecule has 2 aliphatic heterocycles. The van der Waals surface area contributed by atoms with Crippen molar-refractivity contribution in [1.29, 1.82) is 0 Å². The topological polar surface area (TPSA) is 93.6 Å². The Bertz CT molecular complexity index is 762. The van der Waals surface area contributed by atoms with E-state index in [1.54, 1.807) is 17.3 Å². The van der Waals surface area contributed by atoms with Crippen molar-refractivity contribution in [3.8, 4) is 0 Å². The van der Waals surface area contributed by atoms with Gasteiger partial charge in [-0.25, -0.2) is 9.97 Å². The molecule has 0 saturated carbocycles. The van der Waals surface area contributed by atoms with Gasteiger partial charge in [-0.05, 0) is 72.1 Å². The Labute approximate surface area is 193 Å². The molecule has 2 fully saturated rings. The lowest BCUT2D eigenvalue weighted by Crippen LogP contribution is -2.42. The van der Waals surface area contributed by atoms with Crippen molar-refractivity contribution in [3.05, 3.63) is 50.2 Å². The van der Waals surface area contributed by atoms with E-state index >= 15 is 0 Å². The number of nitrogens with one attached hydrogen (secondary N) is 1. The van der Waals surface area contributed by atoms with Gasteiger partial charge in [-0.3, -0.25) is 14.5 Å². The monoisotopic (exact) mass is 592 g/mol. The van der Waals surface area contributed by atoms with Gasteiger partial charge in [0.1, 0.15) is 23.6 Å². The molecule has 0 radical (unpaired) electrons. The molecule has 0 aliphatic carbocycles. The molecule has 4 rings (SSSR count). The molecule has 0 spiro atoms. The summed E-state index contributed by atoms with van der Waals surface area (Å²) >= 11 is 9.77. The highest BCUT2D eigenvalue weighted by Gasteiger charge is 2.20. The number of halogens is 3. The van der Waals surface area contributed by atoms with Gasteiger partial charge in [0.15, 0.2) is 0 Å². The van der Waals surface area contributed by atoms with Crippen LogP contribution in [-0.4, -0.2) is 61.3 Å². The number of nitrogens with zero attached hydrogens (tertiary/aromatic N) is 3. The number of hydrogen-bond donors (Lipinski definition) is 1. The molecule has 29 heavy (non-hydrogen) atoms. The number of carbonyl (C=O) groups excluding carboxylic acids is 2. The summed E-state index contributed by atoms with van der Waals surface area (Å²) in [6, 6.07) is 7.49. The highest BCUT2D eigenvalue weighted by molar-refractivity contribution is 9.11. The van der Waals surface area contributed by atoms with Crippen LogP contribution in [0.15, 0.2) is 50.2 Å². The first-order chi connectivity index (χ1) is 14.0. The van der Waals surface area contributed by atoms with Gasteiger partial charge in [0.25, 0.3) is 5.91 Å². The van der Waals surface area contributed by atoms with Crippen LogP contribution in [0.1, 0.15) is 0 Å². The SMILES string of the molecule is Brc1ccc(Br)nc1.O=C1COCCN1.O=C1COCCN1c1ccc(Br)cn1. The molecule has 1 N–H and O–H groups in total. The molecule has 0 atom stereocenters. The van der Waals surface area contributed by atoms with Gasteiger partial charge in [-0.2, -0.15) is 0 Å². The average Bonchev–Trinajstić information content (AvgIpc) is 2.73. The van der Waals surface area contributed by atoms with Crippen LogP contribution in [0.2, 0.25) is 0 Å². The van der Waals surface area contributed by atoms with Crippen LogP contribution in [0, 0.1) is 0 Å². The Morgan fingerprint density at radius 3 is 2.03 bits per heavy atom. The maximum Gasteiger partial charge on any atom is 0.254 e. The first-order valence-electron chi connectivity index (χ1n) is 8.57. The number of amides is 2. The van der Waals surface area contributed by atoms with Crippen LogP contribution < -0.4 is 10.2 Å². The van der Waals surface area contributed by atoms with E-state index in [1.807, 2.05) is 24.3 Å². The minimum Gasteiger partial charge on any atom is -0.370 e. The molecular weight excluding hydrogens is 576 g/mol. The summed E-state index contributed by atoms with van der Waals surface area (Å²) in [6.07, 6.45) is 3.42. The zero-order valence-corrected chi connectivity index (χ0v) is 20.1. The number of aromatic nitrogens is 2. The molecule has 11 heteroatoms. The van der Waals surface area contributed by atoms with Crippen LogP contribution in [0.3, 0.4) is 0 Å². The summed E-state index contributed by atoms with van der Waals surface area (Å²) in [5.41, 5.74) is 0. The molecule has 8 nitrogen and oxygen atoms in total. The van der Waals surface area contributed by atoms with Crippen LogP contribution >= 0.6 is 47.8 Å². The summed E-state index contributed by atoms with van der Waals surface area (Å²) in [4.78, 5) is 31.4. The molecule has 0 aromatic carbocycles. The van der Waals surface area contributed by atoms with Crippen LogP contribution in [0.5, 0.6) is 0 Å². The Kier molecular flexibility index (Phi) is 10.7. The van der Waals surface area contributed by atoms with Gasteiger partial charge in [-0.15, -0.1) is 0 Å². The molecule has 4 heterocycles. The molecule has 2 saturated heterocycles. The van der Waals surface area contributed by atoms with Crippen molar-refractivity contribution < 1.29 is 19.1 Å². The lowest BCUT2D eigenvalue weighted by molar-refractivity contribution is -0.129. The summed E-state index contributed by atoms with van der Waals surface area (Å²) in [5.74, 6) is 0.638. The van der Waals surface area contributed by atoms with Crippen molar-refractivity contribution in [1.82, 2.24) is 15.3 Å². The number of carbonyl (C=O) groups is 2. The lowest BCUT2D eigenvalue weighted by Gasteiger charge is -2.25. The number of morpholine rings is 2. The summed E-state index contributed by atoms with van der Waals surface area (Å²) < 4.78 is 12.6. The first kappa shape index (κ1) is 23.9. The molecule has 0 unspecified atom stereocenters. The molecule has 2 aromatic rings. The second-order valence-corrected chi connectivity index (χ2v) is 8.28. The fourth-order valence-electron chi connectivity index (χ4n) is 2.12. The minimum absolute atomic E-state index is 0.00810. The highest BCUT2D eigenvalue weighted by Crippen LogP contribution is 2.16. The Balaban J connectivity index is 0.000000170. The maximum absolute atomic E-state index is 11.4. The lowest BCUT2D eigenvalue weighted by atomic mass is 10.3. The average molecular weight is 595 g/mol. The molecule has 156 valence electrons. The quantitative estimate of drug-likeness (QED) is 0.511. The van der Waals surface area contributed by atoms with E-state index < -0.39 is 0 Å². The van der Waals surface area contributed by atoms with E-state index in [9.17, 15) is 9.59 Å². The zero-order chi connectivity index (χ0) is 21.1. The number of hydrogen-bond acceptors (Lipinski definition) is 6. The van der Waals surface area contributed by atoms with Gasteiger partial charge in [0, 0.05) is 27.9 Å². The maximum atomic E-state index is 11.4. The Hall–Kier alpha value is -1.40. The third-order valence-electron chi connectivity index (χ3n) is 3.47. The Morgan fingerprint density at radius 2 is 1.59 bits per heavy atom. The van der Waals surface area contributed by atoms with Crippen molar-refractivity contribution in [2.75, 3.05) is 44.4 Å². The first-order valence-corrected chi connectivity index (χ1v) is 10.9. The minimum atomic E-state index is -0.0360. The standard InChI is InChI=1S/C9H9BrN2O2.C5H3Br2N.C4H7NO2/c10-7-1-2-8(11-5-7)12-3-4-14-6-9(12)13;6-4-1-2-5(7)8-3-4;6-4-3-7-2-1-5-4/h1-2,5H,3-4,6H2;1-3H;1-3H2,(H,5,6). The van der Waals surface area contributed by atoms with Gasteiger partial charge in [0.2, 0.25) is 5.91 Å². The van der Waals surface area contributed by atoms with Gasteiger partial charge >= 0.3 is 0 Å². The number of rotatable bonds is 1. The summed E-state index contributed by atoms with van der Waals surface area (Å²) in [5, 5.41) is 2.62. The predicted molar refractivity (Wildman–Crippen MR) is 119 cm³/mol. The second kappa shape index (κ2) is 13.0. The zero-order valence-electron chi connectivity index (χ0n) is 15.3. The fraction of sp³-hybridized carbons (Fsp3) is 0.333. The summed E-state index contributed by atoms with van der Waals surface area (Å²) in [6.45, 7) is 2.86. The van der Waals surface area contributed by atoms with Crippen molar-refractivity contribution in [3.63, 3.8) is 0 Å². The number of ether oxygens (including phenoxy) is 2.